The predicted molar refractivity (Wildman–Crippen MR) is 76.3 cm³/mol. The Kier molecular flexibility index (Phi) is 4.59. The number of nitrogens with zero attached hydrogens (tertiary/aromatic N) is 2. The molecule has 2 heterocycles. The van der Waals surface area contributed by atoms with Gasteiger partial charge in [0.05, 0.1) is 12.1 Å². The van der Waals surface area contributed by atoms with Gasteiger partial charge < -0.3 is 15.0 Å². The van der Waals surface area contributed by atoms with E-state index in [1.165, 1.54) is 4.88 Å². The molecule has 1 N–H and O–H groups in total. The Bertz CT molecular complexity index is 380. The van der Waals surface area contributed by atoms with Crippen molar-refractivity contribution in [2.45, 2.75) is 51.9 Å². The number of thiazole rings is 1. The fraction of sp³-hybridized carbons (Fsp3) is 0.769. The fourth-order valence-electron chi connectivity index (χ4n) is 2.22. The second kappa shape index (κ2) is 5.99. The summed E-state index contributed by atoms with van der Waals surface area (Å²) in [5.41, 5.74) is 0. The average Bonchev–Trinajstić information content (AvgIpc) is 2.94. The Hall–Kier alpha value is -0.650. The minimum Gasteiger partial charge on any atom is -0.376 e. The van der Waals surface area contributed by atoms with Crippen LogP contribution in [0.2, 0.25) is 0 Å². The SMILES string of the molecule is CC(C)NCc1cnc(N(C)C2CCOC2C)s1. The van der Waals surface area contributed by atoms with Gasteiger partial charge in [0.25, 0.3) is 0 Å². The van der Waals surface area contributed by atoms with Gasteiger partial charge in [-0.2, -0.15) is 0 Å². The second-order valence-electron chi connectivity index (χ2n) is 5.19. The van der Waals surface area contributed by atoms with Crippen molar-refractivity contribution in [3.8, 4) is 0 Å². The van der Waals surface area contributed by atoms with Gasteiger partial charge in [0.1, 0.15) is 0 Å². The Morgan fingerprint density at radius 3 is 3.00 bits per heavy atom. The van der Waals surface area contributed by atoms with Gasteiger partial charge in [-0.05, 0) is 13.3 Å². The van der Waals surface area contributed by atoms with Crippen LogP contribution in [0.4, 0.5) is 5.13 Å². The van der Waals surface area contributed by atoms with E-state index in [2.05, 4.69) is 43.0 Å². The minimum absolute atomic E-state index is 0.302. The van der Waals surface area contributed by atoms with E-state index in [0.717, 1.165) is 24.7 Å². The van der Waals surface area contributed by atoms with E-state index in [-0.39, 0.29) is 0 Å². The molecule has 0 aromatic carbocycles. The van der Waals surface area contributed by atoms with Crippen molar-refractivity contribution < 1.29 is 4.74 Å². The lowest BCUT2D eigenvalue weighted by molar-refractivity contribution is 0.118. The van der Waals surface area contributed by atoms with Crippen LogP contribution in [-0.2, 0) is 11.3 Å². The van der Waals surface area contributed by atoms with Crippen LogP contribution in [0, 0.1) is 0 Å². The summed E-state index contributed by atoms with van der Waals surface area (Å²) in [4.78, 5) is 8.08. The number of rotatable bonds is 5. The highest BCUT2D eigenvalue weighted by Gasteiger charge is 2.29. The van der Waals surface area contributed by atoms with Crippen LogP contribution in [0.25, 0.3) is 0 Å². The first-order valence-electron chi connectivity index (χ1n) is 6.60. The zero-order valence-corrected chi connectivity index (χ0v) is 12.5. The van der Waals surface area contributed by atoms with E-state index >= 15 is 0 Å². The maximum Gasteiger partial charge on any atom is 0.185 e. The van der Waals surface area contributed by atoms with Gasteiger partial charge in [-0.1, -0.05) is 13.8 Å². The molecule has 102 valence electrons. The molecule has 1 fully saturated rings. The Labute approximate surface area is 113 Å². The van der Waals surface area contributed by atoms with Gasteiger partial charge in [0, 0.05) is 37.3 Å². The molecular weight excluding hydrogens is 246 g/mol. The Morgan fingerprint density at radius 1 is 1.61 bits per heavy atom. The zero-order chi connectivity index (χ0) is 13.1. The molecule has 0 aliphatic carbocycles. The van der Waals surface area contributed by atoms with E-state index in [1.54, 1.807) is 11.3 Å². The van der Waals surface area contributed by atoms with Crippen molar-refractivity contribution in [2.24, 2.45) is 0 Å². The van der Waals surface area contributed by atoms with E-state index < -0.39 is 0 Å². The van der Waals surface area contributed by atoms with Crippen LogP contribution in [0.5, 0.6) is 0 Å². The van der Waals surface area contributed by atoms with E-state index in [9.17, 15) is 0 Å². The van der Waals surface area contributed by atoms with Crippen molar-refractivity contribution in [1.82, 2.24) is 10.3 Å². The third-order valence-electron chi connectivity index (χ3n) is 3.36. The topological polar surface area (TPSA) is 37.4 Å². The lowest BCUT2D eigenvalue weighted by atomic mass is 10.1. The molecule has 2 rings (SSSR count). The van der Waals surface area contributed by atoms with Gasteiger partial charge in [0.15, 0.2) is 5.13 Å². The van der Waals surface area contributed by atoms with Gasteiger partial charge in [-0.15, -0.1) is 11.3 Å². The van der Waals surface area contributed by atoms with Crippen LogP contribution in [0.1, 0.15) is 32.1 Å². The highest BCUT2D eigenvalue weighted by atomic mass is 32.1. The molecule has 1 saturated heterocycles. The number of ether oxygens (including phenoxy) is 1. The standard InChI is InChI=1S/C13H23N3OS/c1-9(2)14-7-11-8-15-13(18-11)16(4)12-5-6-17-10(12)3/h8-10,12,14H,5-7H2,1-4H3. The molecule has 2 unspecified atom stereocenters. The fourth-order valence-corrected chi connectivity index (χ4v) is 3.10. The molecule has 0 spiro atoms. The number of nitrogens with one attached hydrogen (secondary N) is 1. The average molecular weight is 269 g/mol. The molecular formula is C13H23N3OS. The van der Waals surface area contributed by atoms with Crippen molar-refractivity contribution in [2.75, 3.05) is 18.6 Å². The summed E-state index contributed by atoms with van der Waals surface area (Å²) in [6.07, 6.45) is 3.37. The summed E-state index contributed by atoms with van der Waals surface area (Å²) in [5, 5.41) is 4.51. The third-order valence-corrected chi connectivity index (χ3v) is 4.45. The normalized spacial score (nSPS) is 23.8. The molecule has 0 bridgehead atoms. The van der Waals surface area contributed by atoms with Crippen LogP contribution in [-0.4, -0.2) is 36.8 Å². The maximum atomic E-state index is 5.62. The summed E-state index contributed by atoms with van der Waals surface area (Å²) >= 11 is 1.77. The highest BCUT2D eigenvalue weighted by Crippen LogP contribution is 2.27. The molecule has 0 radical (unpaired) electrons. The molecule has 2 atom stereocenters. The summed E-state index contributed by atoms with van der Waals surface area (Å²) in [6.45, 7) is 8.23. The first-order chi connectivity index (χ1) is 8.58. The smallest absolute Gasteiger partial charge is 0.185 e. The van der Waals surface area contributed by atoms with Crippen LogP contribution >= 0.6 is 11.3 Å². The number of hydrogen-bond acceptors (Lipinski definition) is 5. The van der Waals surface area contributed by atoms with Crippen molar-refractivity contribution in [3.05, 3.63) is 11.1 Å². The lowest BCUT2D eigenvalue weighted by Gasteiger charge is -2.26. The van der Waals surface area contributed by atoms with Crippen LogP contribution in [0.3, 0.4) is 0 Å². The Balaban J connectivity index is 1.96. The summed E-state index contributed by atoms with van der Waals surface area (Å²) in [6, 6.07) is 0.971. The van der Waals surface area contributed by atoms with Gasteiger partial charge >= 0.3 is 0 Å². The number of hydrogen-bond donors (Lipinski definition) is 1. The summed E-state index contributed by atoms with van der Waals surface area (Å²) < 4.78 is 5.62. The molecule has 4 nitrogen and oxygen atoms in total. The van der Waals surface area contributed by atoms with Crippen LogP contribution < -0.4 is 10.2 Å². The first-order valence-corrected chi connectivity index (χ1v) is 7.42. The molecule has 18 heavy (non-hydrogen) atoms. The van der Waals surface area contributed by atoms with Crippen molar-refractivity contribution in [3.63, 3.8) is 0 Å². The van der Waals surface area contributed by atoms with Gasteiger partial charge in [-0.3, -0.25) is 0 Å². The molecule has 1 aliphatic rings. The van der Waals surface area contributed by atoms with E-state index in [1.807, 2.05) is 6.20 Å². The minimum atomic E-state index is 0.302. The zero-order valence-electron chi connectivity index (χ0n) is 11.6. The van der Waals surface area contributed by atoms with Crippen LogP contribution in [0.15, 0.2) is 6.20 Å². The van der Waals surface area contributed by atoms with Crippen molar-refractivity contribution >= 4 is 16.5 Å². The lowest BCUT2D eigenvalue weighted by Crippen LogP contribution is -2.36. The number of likely N-dealkylation sites (N-methyl/N-ethyl adjacent to an activating group) is 1. The van der Waals surface area contributed by atoms with Gasteiger partial charge in [0.2, 0.25) is 0 Å². The molecule has 0 amide bonds. The molecule has 1 aliphatic heterocycles. The highest BCUT2D eigenvalue weighted by molar-refractivity contribution is 7.15. The molecule has 5 heteroatoms. The number of aromatic nitrogens is 1. The summed E-state index contributed by atoms with van der Waals surface area (Å²) in [7, 11) is 2.12. The van der Waals surface area contributed by atoms with Crippen molar-refractivity contribution in [1.29, 1.82) is 0 Å². The van der Waals surface area contributed by atoms with E-state index in [4.69, 9.17) is 4.74 Å². The second-order valence-corrected chi connectivity index (χ2v) is 6.28. The largest absolute Gasteiger partial charge is 0.376 e. The molecule has 1 aromatic rings. The predicted octanol–water partition coefficient (Wildman–Crippen LogP) is 2.25. The molecule has 1 aromatic heterocycles. The van der Waals surface area contributed by atoms with Gasteiger partial charge in [-0.25, -0.2) is 4.98 Å². The monoisotopic (exact) mass is 269 g/mol. The quantitative estimate of drug-likeness (QED) is 0.889. The van der Waals surface area contributed by atoms with E-state index in [0.29, 0.717) is 18.2 Å². The molecule has 0 saturated carbocycles. The number of anilines is 1. The third kappa shape index (κ3) is 3.22. The Morgan fingerprint density at radius 2 is 2.39 bits per heavy atom. The maximum absolute atomic E-state index is 5.62. The first kappa shape index (κ1) is 13.8. The summed E-state index contributed by atoms with van der Waals surface area (Å²) in [5.74, 6) is 0.